The molecule has 19 heavy (non-hydrogen) atoms. The summed E-state index contributed by atoms with van der Waals surface area (Å²) in [6.45, 7) is 1.60. The molecule has 0 spiro atoms. The van der Waals surface area contributed by atoms with Crippen molar-refractivity contribution >= 4 is 26.0 Å². The molecule has 0 heterocycles. The number of sulfonamides is 1. The van der Waals surface area contributed by atoms with Crippen molar-refractivity contribution < 1.29 is 22.3 Å². The number of halogens is 2. The summed E-state index contributed by atoms with van der Waals surface area (Å²) in [5.41, 5.74) is 0. The van der Waals surface area contributed by atoms with Gasteiger partial charge < -0.3 is 9.47 Å². The predicted molar refractivity (Wildman–Crippen MR) is 71.7 cm³/mol. The Balaban J connectivity index is 2.98. The third-order valence-corrected chi connectivity index (χ3v) is 4.93. The zero-order chi connectivity index (χ0) is 14.6. The Morgan fingerprint density at radius 3 is 2.37 bits per heavy atom. The van der Waals surface area contributed by atoms with Gasteiger partial charge in [0.15, 0.2) is 6.29 Å². The van der Waals surface area contributed by atoms with Crippen molar-refractivity contribution in [2.24, 2.45) is 0 Å². The lowest BCUT2D eigenvalue weighted by Crippen LogP contribution is -2.42. The quantitative estimate of drug-likeness (QED) is 0.791. The van der Waals surface area contributed by atoms with Gasteiger partial charge in [0.2, 0.25) is 10.0 Å². The number of rotatable bonds is 6. The predicted octanol–water partition coefficient (Wildman–Crippen LogP) is 1.87. The Hall–Kier alpha value is -0.540. The first-order valence-electron chi connectivity index (χ1n) is 5.34. The molecule has 1 aromatic carbocycles. The van der Waals surface area contributed by atoms with E-state index in [-0.39, 0.29) is 9.37 Å². The topological polar surface area (TPSA) is 64.6 Å². The summed E-state index contributed by atoms with van der Waals surface area (Å²) in [6, 6.07) is 2.75. The Labute approximate surface area is 120 Å². The molecule has 1 unspecified atom stereocenters. The summed E-state index contributed by atoms with van der Waals surface area (Å²) < 4.78 is 49.7. The van der Waals surface area contributed by atoms with E-state index >= 15 is 0 Å². The fraction of sp³-hybridized carbons (Fsp3) is 0.455. The second-order valence-corrected chi connectivity index (χ2v) is 6.36. The van der Waals surface area contributed by atoms with E-state index in [0.717, 1.165) is 12.1 Å². The summed E-state index contributed by atoms with van der Waals surface area (Å²) >= 11 is 3.02. The van der Waals surface area contributed by atoms with Crippen LogP contribution < -0.4 is 4.72 Å². The van der Waals surface area contributed by atoms with E-state index in [9.17, 15) is 12.8 Å². The molecule has 0 aliphatic rings. The van der Waals surface area contributed by atoms with Gasteiger partial charge in [-0.05, 0) is 41.1 Å². The molecule has 1 atom stereocenters. The molecule has 0 aromatic heterocycles. The lowest BCUT2D eigenvalue weighted by molar-refractivity contribution is -0.115. The summed E-state index contributed by atoms with van der Waals surface area (Å²) in [6.07, 6.45) is -0.714. The first kappa shape index (κ1) is 16.5. The smallest absolute Gasteiger partial charge is 0.242 e. The lowest BCUT2D eigenvalue weighted by atomic mass is 10.3. The molecule has 5 nitrogen and oxygen atoms in total. The van der Waals surface area contributed by atoms with E-state index in [1.807, 2.05) is 0 Å². The van der Waals surface area contributed by atoms with E-state index in [1.54, 1.807) is 6.92 Å². The third kappa shape index (κ3) is 4.22. The highest BCUT2D eigenvalue weighted by Gasteiger charge is 2.25. The Bertz CT molecular complexity index is 533. The monoisotopic (exact) mass is 355 g/mol. The molecule has 0 saturated carbocycles. The van der Waals surface area contributed by atoms with Gasteiger partial charge in [0.25, 0.3) is 0 Å². The molecule has 1 aromatic rings. The van der Waals surface area contributed by atoms with E-state index in [1.165, 1.54) is 20.3 Å². The van der Waals surface area contributed by atoms with Crippen LogP contribution in [0.5, 0.6) is 0 Å². The van der Waals surface area contributed by atoms with Crippen LogP contribution in [0, 0.1) is 5.82 Å². The molecule has 0 amide bonds. The molecule has 0 saturated heterocycles. The number of ether oxygens (including phenoxy) is 2. The largest absolute Gasteiger partial charge is 0.354 e. The van der Waals surface area contributed by atoms with Crippen molar-refractivity contribution in [2.75, 3.05) is 14.2 Å². The summed E-state index contributed by atoms with van der Waals surface area (Å²) in [5.74, 6) is -0.523. The Kier molecular flexibility index (Phi) is 5.87. The van der Waals surface area contributed by atoms with Gasteiger partial charge in [-0.25, -0.2) is 17.5 Å². The molecular weight excluding hydrogens is 341 g/mol. The van der Waals surface area contributed by atoms with Gasteiger partial charge in [-0.15, -0.1) is 0 Å². The van der Waals surface area contributed by atoms with E-state index in [2.05, 4.69) is 20.7 Å². The molecule has 0 radical (unpaired) electrons. The van der Waals surface area contributed by atoms with Gasteiger partial charge in [-0.1, -0.05) is 0 Å². The van der Waals surface area contributed by atoms with Crippen molar-refractivity contribution in [3.05, 3.63) is 28.5 Å². The highest BCUT2D eigenvalue weighted by molar-refractivity contribution is 9.10. The number of benzene rings is 1. The fourth-order valence-corrected chi connectivity index (χ4v) is 3.84. The highest BCUT2D eigenvalue weighted by atomic mass is 79.9. The van der Waals surface area contributed by atoms with Crippen LogP contribution in [0.15, 0.2) is 27.6 Å². The van der Waals surface area contributed by atoms with Gasteiger partial charge in [-0.3, -0.25) is 0 Å². The van der Waals surface area contributed by atoms with E-state index in [0.29, 0.717) is 0 Å². The van der Waals surface area contributed by atoms with Crippen LogP contribution in [-0.2, 0) is 19.5 Å². The molecule has 0 aliphatic carbocycles. The van der Waals surface area contributed by atoms with Gasteiger partial charge >= 0.3 is 0 Å². The summed E-state index contributed by atoms with van der Waals surface area (Å²) in [7, 11) is -0.977. The summed E-state index contributed by atoms with van der Waals surface area (Å²) in [4.78, 5) is -0.0493. The Morgan fingerprint density at radius 2 is 1.89 bits per heavy atom. The maximum atomic E-state index is 13.0. The second-order valence-electron chi connectivity index (χ2n) is 3.82. The van der Waals surface area contributed by atoms with Crippen LogP contribution in [0.25, 0.3) is 0 Å². The van der Waals surface area contributed by atoms with Crippen molar-refractivity contribution in [1.82, 2.24) is 4.72 Å². The average molecular weight is 356 g/mol. The molecule has 1 rings (SSSR count). The van der Waals surface area contributed by atoms with E-state index < -0.39 is 28.2 Å². The summed E-state index contributed by atoms with van der Waals surface area (Å²) in [5, 5.41) is 0. The van der Waals surface area contributed by atoms with Crippen molar-refractivity contribution in [3.8, 4) is 0 Å². The van der Waals surface area contributed by atoms with Crippen LogP contribution in [-0.4, -0.2) is 35.0 Å². The van der Waals surface area contributed by atoms with Crippen molar-refractivity contribution in [3.63, 3.8) is 0 Å². The van der Waals surface area contributed by atoms with Crippen LogP contribution in [0.3, 0.4) is 0 Å². The number of hydrogen-bond donors (Lipinski definition) is 1. The molecule has 0 aliphatic heterocycles. The third-order valence-electron chi connectivity index (χ3n) is 2.40. The SMILES string of the molecule is COC(OC)C(C)NS(=O)(=O)c1ccc(F)cc1Br. The van der Waals surface area contributed by atoms with Crippen molar-refractivity contribution in [1.29, 1.82) is 0 Å². The minimum absolute atomic E-state index is 0.0493. The number of methoxy groups -OCH3 is 2. The molecule has 0 bridgehead atoms. The zero-order valence-electron chi connectivity index (χ0n) is 10.7. The fourth-order valence-electron chi connectivity index (χ4n) is 1.56. The van der Waals surface area contributed by atoms with Crippen LogP contribution in [0.4, 0.5) is 4.39 Å². The molecule has 108 valence electrons. The first-order chi connectivity index (χ1) is 8.81. The van der Waals surface area contributed by atoms with Crippen LogP contribution in [0.1, 0.15) is 6.92 Å². The van der Waals surface area contributed by atoms with Crippen LogP contribution >= 0.6 is 15.9 Å². The highest BCUT2D eigenvalue weighted by Crippen LogP contribution is 2.23. The second kappa shape index (κ2) is 6.76. The molecular formula is C11H15BrFNO4S. The first-order valence-corrected chi connectivity index (χ1v) is 7.62. The van der Waals surface area contributed by atoms with Crippen molar-refractivity contribution in [2.45, 2.75) is 24.2 Å². The van der Waals surface area contributed by atoms with Gasteiger partial charge in [0.05, 0.1) is 10.9 Å². The molecule has 1 N–H and O–H groups in total. The van der Waals surface area contributed by atoms with Crippen LogP contribution in [0.2, 0.25) is 0 Å². The number of hydrogen-bond acceptors (Lipinski definition) is 4. The Morgan fingerprint density at radius 1 is 1.32 bits per heavy atom. The van der Waals surface area contributed by atoms with Gasteiger partial charge in [0.1, 0.15) is 5.82 Å². The van der Waals surface area contributed by atoms with E-state index in [4.69, 9.17) is 9.47 Å². The van der Waals surface area contributed by atoms with Gasteiger partial charge in [0, 0.05) is 18.7 Å². The minimum Gasteiger partial charge on any atom is -0.354 e. The zero-order valence-corrected chi connectivity index (χ0v) is 13.1. The maximum Gasteiger partial charge on any atom is 0.242 e. The lowest BCUT2D eigenvalue weighted by Gasteiger charge is -2.22. The minimum atomic E-state index is -3.80. The standard InChI is InChI=1S/C11H15BrFNO4S/c1-7(11(17-2)18-3)14-19(15,16)10-5-4-8(13)6-9(10)12/h4-7,11,14H,1-3H3. The van der Waals surface area contributed by atoms with Gasteiger partial charge in [-0.2, -0.15) is 0 Å². The number of nitrogens with one attached hydrogen (secondary N) is 1. The maximum absolute atomic E-state index is 13.0. The normalized spacial score (nSPS) is 13.8. The average Bonchev–Trinajstić information content (AvgIpc) is 2.29. The molecule has 0 fully saturated rings. The molecule has 8 heteroatoms.